The van der Waals surface area contributed by atoms with Crippen molar-refractivity contribution in [2.75, 3.05) is 5.75 Å². The van der Waals surface area contributed by atoms with Gasteiger partial charge in [0.25, 0.3) is 0 Å². The van der Waals surface area contributed by atoms with Crippen LogP contribution >= 0.6 is 0 Å². The highest BCUT2D eigenvalue weighted by Crippen LogP contribution is 2.32. The van der Waals surface area contributed by atoms with E-state index in [1.54, 1.807) is 13.8 Å². The molecule has 1 aromatic heterocycles. The third-order valence-corrected chi connectivity index (χ3v) is 4.94. The van der Waals surface area contributed by atoms with Crippen LogP contribution in [0.3, 0.4) is 0 Å². The molecule has 0 radical (unpaired) electrons. The zero-order valence-corrected chi connectivity index (χ0v) is 11.4. The maximum atomic E-state index is 12.3. The number of sulfone groups is 1. The fraction of sp³-hybridized carbons (Fsp3) is 0.636. The number of nitrogens with zero attached hydrogens (tertiary/aromatic N) is 1. The van der Waals surface area contributed by atoms with Gasteiger partial charge in [-0.15, -0.1) is 0 Å². The average molecular weight is 299 g/mol. The summed E-state index contributed by atoms with van der Waals surface area (Å²) in [6.07, 6.45) is -4.85. The second kappa shape index (κ2) is 5.54. The molecule has 110 valence electrons. The van der Waals surface area contributed by atoms with E-state index in [1.807, 2.05) is 0 Å². The SMILES string of the molecule is CC(C)S(=O)(=O)CCn1ccc(C(O)C(F)(F)F)c1. The molecule has 0 fully saturated rings. The number of rotatable bonds is 5. The maximum Gasteiger partial charge on any atom is 0.418 e. The van der Waals surface area contributed by atoms with Crippen molar-refractivity contribution in [3.63, 3.8) is 0 Å². The topological polar surface area (TPSA) is 59.3 Å². The first-order valence-electron chi connectivity index (χ1n) is 5.66. The van der Waals surface area contributed by atoms with Crippen LogP contribution in [-0.4, -0.2) is 35.3 Å². The number of aliphatic hydroxyl groups excluding tert-OH is 1. The second-order valence-corrected chi connectivity index (χ2v) is 7.22. The Labute approximate surface area is 109 Å². The van der Waals surface area contributed by atoms with Crippen LogP contribution in [0.5, 0.6) is 0 Å². The number of hydrogen-bond acceptors (Lipinski definition) is 3. The molecule has 4 nitrogen and oxygen atoms in total. The minimum atomic E-state index is -4.73. The lowest BCUT2D eigenvalue weighted by molar-refractivity contribution is -0.206. The minimum absolute atomic E-state index is 0.0606. The molecule has 1 unspecified atom stereocenters. The van der Waals surface area contributed by atoms with Crippen LogP contribution in [0, 0.1) is 0 Å². The molecule has 1 N–H and O–H groups in total. The summed E-state index contributed by atoms with van der Waals surface area (Å²) in [5, 5.41) is 8.51. The predicted octanol–water partition coefficient (Wildman–Crippen LogP) is 1.91. The summed E-state index contributed by atoms with van der Waals surface area (Å²) in [5.41, 5.74) is -0.297. The van der Waals surface area contributed by atoms with Gasteiger partial charge >= 0.3 is 6.18 Å². The zero-order valence-electron chi connectivity index (χ0n) is 10.6. The van der Waals surface area contributed by atoms with Crippen molar-refractivity contribution >= 4 is 9.84 Å². The number of hydrogen-bond donors (Lipinski definition) is 1. The summed E-state index contributed by atoms with van der Waals surface area (Å²) in [6, 6.07) is 1.13. The van der Waals surface area contributed by atoms with Gasteiger partial charge in [0.15, 0.2) is 15.9 Å². The van der Waals surface area contributed by atoms with Crippen molar-refractivity contribution in [2.24, 2.45) is 0 Å². The van der Waals surface area contributed by atoms with E-state index in [4.69, 9.17) is 5.11 Å². The van der Waals surface area contributed by atoms with Gasteiger partial charge in [-0.3, -0.25) is 0 Å². The van der Waals surface area contributed by atoms with Crippen molar-refractivity contribution in [2.45, 2.75) is 37.9 Å². The summed E-state index contributed by atoms with van der Waals surface area (Å²) in [7, 11) is -3.24. The monoisotopic (exact) mass is 299 g/mol. The lowest BCUT2D eigenvalue weighted by atomic mass is 10.2. The number of alkyl halides is 3. The average Bonchev–Trinajstić information content (AvgIpc) is 2.72. The number of aliphatic hydroxyl groups is 1. The summed E-state index contributed by atoms with van der Waals surface area (Å²) >= 11 is 0. The Morgan fingerprint density at radius 1 is 1.37 bits per heavy atom. The Morgan fingerprint density at radius 3 is 2.42 bits per heavy atom. The Morgan fingerprint density at radius 2 is 1.95 bits per heavy atom. The number of halogens is 3. The van der Waals surface area contributed by atoms with E-state index in [1.165, 1.54) is 10.8 Å². The Kier molecular flexibility index (Phi) is 4.67. The fourth-order valence-electron chi connectivity index (χ4n) is 1.42. The van der Waals surface area contributed by atoms with E-state index < -0.39 is 27.4 Å². The van der Waals surface area contributed by atoms with Gasteiger partial charge in [-0.25, -0.2) is 8.42 Å². The van der Waals surface area contributed by atoms with E-state index in [-0.39, 0.29) is 17.9 Å². The van der Waals surface area contributed by atoms with Crippen LogP contribution in [-0.2, 0) is 16.4 Å². The molecule has 0 bridgehead atoms. The summed E-state index contributed by atoms with van der Waals surface area (Å²) in [6.45, 7) is 3.15. The molecule has 0 aromatic carbocycles. The molecule has 1 rings (SSSR count). The van der Waals surface area contributed by atoms with Crippen molar-refractivity contribution < 1.29 is 26.7 Å². The minimum Gasteiger partial charge on any atom is -0.379 e. The van der Waals surface area contributed by atoms with Gasteiger partial charge in [-0.05, 0) is 19.9 Å². The molecule has 1 aromatic rings. The Hall–Kier alpha value is -1.02. The lowest BCUT2D eigenvalue weighted by Gasteiger charge is -2.12. The molecule has 8 heteroatoms. The molecule has 0 saturated carbocycles. The fourth-order valence-corrected chi connectivity index (χ4v) is 2.35. The van der Waals surface area contributed by atoms with Gasteiger partial charge in [0.1, 0.15) is 0 Å². The van der Waals surface area contributed by atoms with Crippen LogP contribution in [0.15, 0.2) is 18.5 Å². The smallest absolute Gasteiger partial charge is 0.379 e. The predicted molar refractivity (Wildman–Crippen MR) is 64.4 cm³/mol. The molecular weight excluding hydrogens is 283 g/mol. The molecule has 19 heavy (non-hydrogen) atoms. The molecule has 0 aliphatic heterocycles. The summed E-state index contributed by atoms with van der Waals surface area (Å²) in [5.74, 6) is -0.152. The van der Waals surface area contributed by atoms with Gasteiger partial charge in [-0.2, -0.15) is 13.2 Å². The first kappa shape index (κ1) is 16.0. The third-order valence-electron chi connectivity index (χ3n) is 2.75. The highest BCUT2D eigenvalue weighted by Gasteiger charge is 2.39. The van der Waals surface area contributed by atoms with Crippen LogP contribution in [0.2, 0.25) is 0 Å². The molecule has 0 amide bonds. The molecule has 0 aliphatic carbocycles. The normalized spacial score (nSPS) is 14.9. The Balaban J connectivity index is 2.72. The van der Waals surface area contributed by atoms with Gasteiger partial charge < -0.3 is 9.67 Å². The van der Waals surface area contributed by atoms with Crippen molar-refractivity contribution in [1.29, 1.82) is 0 Å². The van der Waals surface area contributed by atoms with Crippen LogP contribution in [0.25, 0.3) is 0 Å². The Bertz CT molecular complexity index is 520. The largest absolute Gasteiger partial charge is 0.418 e. The van der Waals surface area contributed by atoms with E-state index in [0.29, 0.717) is 0 Å². The third kappa shape index (κ3) is 4.24. The van der Waals surface area contributed by atoms with Crippen molar-refractivity contribution in [1.82, 2.24) is 4.57 Å². The highest BCUT2D eigenvalue weighted by atomic mass is 32.2. The van der Waals surface area contributed by atoms with Gasteiger partial charge in [0.05, 0.1) is 11.0 Å². The molecular formula is C11H16F3NO3S. The second-order valence-electron chi connectivity index (χ2n) is 4.54. The van der Waals surface area contributed by atoms with Gasteiger partial charge in [0.2, 0.25) is 0 Å². The van der Waals surface area contributed by atoms with E-state index in [0.717, 1.165) is 12.3 Å². The van der Waals surface area contributed by atoms with Gasteiger partial charge in [-0.1, -0.05) is 0 Å². The summed E-state index contributed by atoms with van der Waals surface area (Å²) in [4.78, 5) is 0. The first-order valence-corrected chi connectivity index (χ1v) is 7.37. The van der Waals surface area contributed by atoms with E-state index in [2.05, 4.69) is 0 Å². The molecule has 0 spiro atoms. The molecule has 0 aliphatic rings. The zero-order chi connectivity index (χ0) is 14.8. The van der Waals surface area contributed by atoms with Crippen LogP contribution in [0.4, 0.5) is 13.2 Å². The number of aromatic nitrogens is 1. The van der Waals surface area contributed by atoms with Gasteiger partial charge in [0, 0.05) is 24.5 Å². The van der Waals surface area contributed by atoms with Crippen LogP contribution < -0.4 is 0 Å². The quantitative estimate of drug-likeness (QED) is 0.903. The van der Waals surface area contributed by atoms with Crippen molar-refractivity contribution in [3.05, 3.63) is 24.0 Å². The van der Waals surface area contributed by atoms with Crippen molar-refractivity contribution in [3.8, 4) is 0 Å². The first-order chi connectivity index (χ1) is 8.54. The molecule has 1 heterocycles. The number of aryl methyl sites for hydroxylation is 1. The summed E-state index contributed by atoms with van der Waals surface area (Å²) < 4.78 is 61.3. The lowest BCUT2D eigenvalue weighted by Crippen LogP contribution is -2.21. The molecule has 0 saturated heterocycles. The maximum absolute atomic E-state index is 12.3. The standard InChI is InChI=1S/C11H16F3NO3S/c1-8(2)19(17,18)6-5-15-4-3-9(7-15)10(16)11(12,13)14/h3-4,7-8,10,16H,5-6H2,1-2H3. The van der Waals surface area contributed by atoms with E-state index in [9.17, 15) is 21.6 Å². The molecule has 1 atom stereocenters. The highest BCUT2D eigenvalue weighted by molar-refractivity contribution is 7.91. The van der Waals surface area contributed by atoms with Crippen LogP contribution in [0.1, 0.15) is 25.5 Å². The van der Waals surface area contributed by atoms with E-state index >= 15 is 0 Å².